The smallest absolute Gasteiger partial charge is 0.175 e. The van der Waals surface area contributed by atoms with Gasteiger partial charge in [-0.3, -0.25) is 0 Å². The first kappa shape index (κ1) is 10.6. The molecular formula is C10H8ClN5. The van der Waals surface area contributed by atoms with Gasteiger partial charge in [0.1, 0.15) is 22.7 Å². The van der Waals surface area contributed by atoms with Crippen molar-refractivity contribution in [2.75, 3.05) is 0 Å². The fourth-order valence-electron chi connectivity index (χ4n) is 1.39. The van der Waals surface area contributed by atoms with Crippen LogP contribution in [0.2, 0.25) is 5.02 Å². The molecule has 0 fully saturated rings. The molecule has 0 aliphatic rings. The zero-order valence-electron chi connectivity index (χ0n) is 8.77. The minimum absolute atomic E-state index is 0.290. The van der Waals surface area contributed by atoms with Gasteiger partial charge in [0.2, 0.25) is 0 Å². The highest BCUT2D eigenvalue weighted by Crippen LogP contribution is 2.21. The molecule has 0 aromatic carbocycles. The minimum atomic E-state index is 0.290. The van der Waals surface area contributed by atoms with Crippen LogP contribution in [0.1, 0.15) is 17.2 Å². The first-order valence-corrected chi connectivity index (χ1v) is 4.96. The molecule has 2 aromatic heterocycles. The van der Waals surface area contributed by atoms with Crippen molar-refractivity contribution < 1.29 is 0 Å². The van der Waals surface area contributed by atoms with E-state index in [1.165, 1.54) is 10.9 Å². The molecule has 0 N–H and O–H groups in total. The maximum Gasteiger partial charge on any atom is 0.175 e. The molecule has 6 heteroatoms. The van der Waals surface area contributed by atoms with E-state index in [1.807, 2.05) is 6.07 Å². The molecule has 5 nitrogen and oxygen atoms in total. The number of halogens is 1. The predicted octanol–water partition coefficient (Wildman–Crippen LogP) is 1.80. The average Bonchev–Trinajstić information content (AvgIpc) is 2.58. The van der Waals surface area contributed by atoms with Gasteiger partial charge in [0.15, 0.2) is 5.82 Å². The van der Waals surface area contributed by atoms with Crippen LogP contribution in [0.15, 0.2) is 12.3 Å². The van der Waals surface area contributed by atoms with E-state index in [-0.39, 0.29) is 5.02 Å². The molecular weight excluding hydrogens is 226 g/mol. The second-order valence-corrected chi connectivity index (χ2v) is 3.60. The Bertz CT molecular complexity index is 581. The summed E-state index contributed by atoms with van der Waals surface area (Å²) in [6.07, 6.45) is 1.52. The van der Waals surface area contributed by atoms with E-state index in [0.29, 0.717) is 23.0 Å². The van der Waals surface area contributed by atoms with Crippen molar-refractivity contribution in [3.05, 3.63) is 34.5 Å². The van der Waals surface area contributed by atoms with Gasteiger partial charge in [-0.25, -0.2) is 9.97 Å². The molecule has 0 amide bonds. The molecule has 0 aliphatic carbocycles. The normalized spacial score (nSPS) is 10.1. The van der Waals surface area contributed by atoms with Crippen molar-refractivity contribution in [2.24, 2.45) is 0 Å². The molecule has 2 heterocycles. The number of pyridine rings is 1. The third-order valence-electron chi connectivity index (χ3n) is 2.07. The first-order chi connectivity index (χ1) is 7.63. The summed E-state index contributed by atoms with van der Waals surface area (Å²) in [5.41, 5.74) is 0.374. The van der Waals surface area contributed by atoms with E-state index in [0.717, 1.165) is 0 Å². The highest BCUT2D eigenvalue weighted by molar-refractivity contribution is 6.33. The van der Waals surface area contributed by atoms with Crippen LogP contribution in [-0.4, -0.2) is 19.7 Å². The van der Waals surface area contributed by atoms with Gasteiger partial charge in [0.05, 0.1) is 5.56 Å². The zero-order valence-corrected chi connectivity index (χ0v) is 9.52. The largest absolute Gasteiger partial charge is 0.236 e. The first-order valence-electron chi connectivity index (χ1n) is 4.58. The van der Waals surface area contributed by atoms with Crippen LogP contribution in [-0.2, 0) is 0 Å². The number of hydrogen-bond acceptors (Lipinski definition) is 4. The van der Waals surface area contributed by atoms with E-state index < -0.39 is 0 Å². The fraction of sp³-hybridized carbons (Fsp3) is 0.200. The summed E-state index contributed by atoms with van der Waals surface area (Å²) in [5.74, 6) is 1.75. The summed E-state index contributed by atoms with van der Waals surface area (Å²) >= 11 is 6.05. The lowest BCUT2D eigenvalue weighted by molar-refractivity contribution is 0.803. The predicted molar refractivity (Wildman–Crippen MR) is 58.4 cm³/mol. The molecule has 0 spiro atoms. The number of nitriles is 1. The van der Waals surface area contributed by atoms with Crippen molar-refractivity contribution in [2.45, 2.75) is 13.8 Å². The molecule has 0 atom stereocenters. The fourth-order valence-corrected chi connectivity index (χ4v) is 1.62. The Morgan fingerprint density at radius 1 is 1.44 bits per heavy atom. The summed E-state index contributed by atoms with van der Waals surface area (Å²) in [7, 11) is 0. The number of nitrogens with zero attached hydrogens (tertiary/aromatic N) is 5. The molecule has 0 unspecified atom stereocenters. The topological polar surface area (TPSA) is 67.4 Å². The summed E-state index contributed by atoms with van der Waals surface area (Å²) in [6.45, 7) is 3.59. The SMILES string of the molecule is Cc1nc(C)n(-c2nccc(C#N)c2Cl)n1. The summed E-state index contributed by atoms with van der Waals surface area (Å²) in [4.78, 5) is 8.26. The minimum Gasteiger partial charge on any atom is -0.236 e. The second kappa shape index (κ2) is 3.91. The Balaban J connectivity index is 2.66. The number of aryl methyl sites for hydroxylation is 2. The Hall–Kier alpha value is -1.93. The molecule has 80 valence electrons. The van der Waals surface area contributed by atoms with Crippen LogP contribution in [0, 0.1) is 25.2 Å². The highest BCUT2D eigenvalue weighted by Gasteiger charge is 2.12. The molecule has 16 heavy (non-hydrogen) atoms. The maximum atomic E-state index is 8.86. The molecule has 0 saturated heterocycles. The standard InChI is InChI=1S/C10H8ClN5/c1-6-14-7(2)16(15-6)10-9(11)8(5-12)3-4-13-10/h3-4H,1-2H3. The van der Waals surface area contributed by atoms with E-state index in [9.17, 15) is 0 Å². The quantitative estimate of drug-likeness (QED) is 0.753. The third-order valence-corrected chi connectivity index (χ3v) is 2.44. The maximum absolute atomic E-state index is 8.86. The van der Waals surface area contributed by atoms with Crippen LogP contribution in [0.4, 0.5) is 0 Å². The van der Waals surface area contributed by atoms with Crippen LogP contribution < -0.4 is 0 Å². The van der Waals surface area contributed by atoms with E-state index in [4.69, 9.17) is 16.9 Å². The van der Waals surface area contributed by atoms with Gasteiger partial charge in [-0.05, 0) is 19.9 Å². The number of aromatic nitrogens is 4. The van der Waals surface area contributed by atoms with Crippen LogP contribution in [0.3, 0.4) is 0 Å². The zero-order chi connectivity index (χ0) is 11.7. The Morgan fingerprint density at radius 2 is 2.19 bits per heavy atom. The molecule has 2 aromatic rings. The summed E-state index contributed by atoms with van der Waals surface area (Å²) < 4.78 is 1.53. The van der Waals surface area contributed by atoms with Gasteiger partial charge < -0.3 is 0 Å². The average molecular weight is 234 g/mol. The van der Waals surface area contributed by atoms with E-state index in [1.54, 1.807) is 19.9 Å². The van der Waals surface area contributed by atoms with E-state index >= 15 is 0 Å². The van der Waals surface area contributed by atoms with Gasteiger partial charge in [-0.1, -0.05) is 11.6 Å². The van der Waals surface area contributed by atoms with Crippen molar-refractivity contribution in [3.8, 4) is 11.9 Å². The van der Waals surface area contributed by atoms with Crippen molar-refractivity contribution >= 4 is 11.6 Å². The number of hydrogen-bond donors (Lipinski definition) is 0. The van der Waals surface area contributed by atoms with Crippen molar-refractivity contribution in [3.63, 3.8) is 0 Å². The molecule has 2 rings (SSSR count). The number of rotatable bonds is 1. The molecule has 0 radical (unpaired) electrons. The van der Waals surface area contributed by atoms with Gasteiger partial charge >= 0.3 is 0 Å². The summed E-state index contributed by atoms with van der Waals surface area (Å²) in [6, 6.07) is 3.56. The van der Waals surface area contributed by atoms with Crippen molar-refractivity contribution in [1.82, 2.24) is 19.7 Å². The van der Waals surface area contributed by atoms with Crippen molar-refractivity contribution in [1.29, 1.82) is 5.26 Å². The van der Waals surface area contributed by atoms with Gasteiger partial charge in [-0.15, -0.1) is 5.10 Å². The van der Waals surface area contributed by atoms with Gasteiger partial charge in [-0.2, -0.15) is 9.94 Å². The lowest BCUT2D eigenvalue weighted by Gasteiger charge is -2.04. The molecule has 0 saturated carbocycles. The summed E-state index contributed by atoms with van der Waals surface area (Å²) in [5, 5.41) is 13.3. The van der Waals surface area contributed by atoms with Crippen LogP contribution >= 0.6 is 11.6 Å². The Kier molecular flexibility index (Phi) is 2.59. The van der Waals surface area contributed by atoms with Gasteiger partial charge in [0, 0.05) is 6.20 Å². The van der Waals surface area contributed by atoms with Crippen LogP contribution in [0.5, 0.6) is 0 Å². The van der Waals surface area contributed by atoms with Gasteiger partial charge in [0.25, 0.3) is 0 Å². The third kappa shape index (κ3) is 1.64. The second-order valence-electron chi connectivity index (χ2n) is 3.23. The highest BCUT2D eigenvalue weighted by atomic mass is 35.5. The van der Waals surface area contributed by atoms with E-state index in [2.05, 4.69) is 15.1 Å². The molecule has 0 bridgehead atoms. The lowest BCUT2D eigenvalue weighted by atomic mass is 10.3. The lowest BCUT2D eigenvalue weighted by Crippen LogP contribution is -2.03. The van der Waals surface area contributed by atoms with Crippen LogP contribution in [0.25, 0.3) is 5.82 Å². The Labute approximate surface area is 97.3 Å². The Morgan fingerprint density at radius 3 is 2.75 bits per heavy atom. The monoisotopic (exact) mass is 233 g/mol. The molecule has 0 aliphatic heterocycles.